The Morgan fingerprint density at radius 2 is 2.22 bits per heavy atom. The third kappa shape index (κ3) is 5.84. The molecule has 0 aliphatic carbocycles. The third-order valence-corrected chi connectivity index (χ3v) is 4.08. The van der Waals surface area contributed by atoms with Crippen LogP contribution in [-0.2, 0) is 11.3 Å². The summed E-state index contributed by atoms with van der Waals surface area (Å²) in [4.78, 5) is 8.86. The molecule has 6 heteroatoms. The lowest BCUT2D eigenvalue weighted by molar-refractivity contribution is 0.157. The molecule has 5 nitrogen and oxygen atoms in total. The quantitative estimate of drug-likeness (QED) is 0.441. The van der Waals surface area contributed by atoms with E-state index in [1.165, 1.54) is 17.7 Å². The van der Waals surface area contributed by atoms with Crippen molar-refractivity contribution in [1.82, 2.24) is 10.2 Å². The van der Waals surface area contributed by atoms with Gasteiger partial charge in [0.15, 0.2) is 5.96 Å². The molecule has 0 spiro atoms. The fourth-order valence-electron chi connectivity index (χ4n) is 2.85. The number of benzene rings is 1. The number of guanidine groups is 1. The van der Waals surface area contributed by atoms with Crippen molar-refractivity contribution in [1.29, 1.82) is 0 Å². The number of halogens is 1. The first-order valence-electron chi connectivity index (χ1n) is 7.85. The Labute approximate surface area is 157 Å². The fourth-order valence-corrected chi connectivity index (χ4v) is 2.85. The molecule has 23 heavy (non-hydrogen) atoms. The number of aliphatic imine (C=N–C) groups is 1. The first-order chi connectivity index (χ1) is 10.6. The highest BCUT2D eigenvalue weighted by molar-refractivity contribution is 14.0. The number of nitrogens with one attached hydrogen (secondary N) is 1. The van der Waals surface area contributed by atoms with Crippen LogP contribution >= 0.6 is 24.0 Å². The van der Waals surface area contributed by atoms with Gasteiger partial charge in [-0.3, -0.25) is 4.99 Å². The van der Waals surface area contributed by atoms with Crippen LogP contribution in [0.5, 0.6) is 0 Å². The van der Waals surface area contributed by atoms with Gasteiger partial charge in [0.1, 0.15) is 0 Å². The second kappa shape index (κ2) is 9.97. The molecule has 1 heterocycles. The third-order valence-electron chi connectivity index (χ3n) is 4.08. The van der Waals surface area contributed by atoms with Crippen molar-refractivity contribution in [3.05, 3.63) is 29.8 Å². The molecule has 1 fully saturated rings. The number of anilines is 1. The number of hydrogen-bond donors (Lipinski definition) is 1. The molecule has 1 unspecified atom stereocenters. The van der Waals surface area contributed by atoms with E-state index in [1.807, 2.05) is 7.05 Å². The number of methoxy groups -OCH3 is 1. The van der Waals surface area contributed by atoms with E-state index in [0.29, 0.717) is 5.92 Å². The highest BCUT2D eigenvalue weighted by Crippen LogP contribution is 2.17. The monoisotopic (exact) mass is 432 g/mol. The predicted molar refractivity (Wildman–Crippen MR) is 108 cm³/mol. The Hall–Kier alpha value is -1.02. The van der Waals surface area contributed by atoms with Crippen LogP contribution < -0.4 is 10.2 Å². The second-order valence-electron chi connectivity index (χ2n) is 6.02. The topological polar surface area (TPSA) is 40.1 Å². The molecular weight excluding hydrogens is 403 g/mol. The minimum absolute atomic E-state index is 0. The van der Waals surface area contributed by atoms with E-state index >= 15 is 0 Å². The van der Waals surface area contributed by atoms with E-state index in [9.17, 15) is 0 Å². The van der Waals surface area contributed by atoms with E-state index in [4.69, 9.17) is 4.74 Å². The normalized spacial score (nSPS) is 17.8. The SMILES string of the molecule is CN=C(NCc1cccc(N(C)C)c1)N1CCC(COC)C1.I. The zero-order valence-electron chi connectivity index (χ0n) is 14.6. The van der Waals surface area contributed by atoms with Gasteiger partial charge in [-0.15, -0.1) is 24.0 Å². The number of nitrogens with zero attached hydrogens (tertiary/aromatic N) is 3. The predicted octanol–water partition coefficient (Wildman–Crippen LogP) is 2.41. The fraction of sp³-hybridized carbons (Fsp3) is 0.588. The van der Waals surface area contributed by atoms with Crippen molar-refractivity contribution in [2.75, 3.05) is 52.8 Å². The minimum Gasteiger partial charge on any atom is -0.384 e. The molecule has 130 valence electrons. The Morgan fingerprint density at radius 3 is 2.87 bits per heavy atom. The van der Waals surface area contributed by atoms with Crippen molar-refractivity contribution in [2.24, 2.45) is 10.9 Å². The molecule has 0 saturated carbocycles. The molecular formula is C17H29IN4O. The van der Waals surface area contributed by atoms with E-state index in [0.717, 1.165) is 32.2 Å². The van der Waals surface area contributed by atoms with Gasteiger partial charge in [-0.25, -0.2) is 0 Å². The lowest BCUT2D eigenvalue weighted by Gasteiger charge is -2.22. The Kier molecular flexibility index (Phi) is 8.68. The van der Waals surface area contributed by atoms with Crippen LogP contribution in [0.3, 0.4) is 0 Å². The summed E-state index contributed by atoms with van der Waals surface area (Å²) in [6, 6.07) is 8.57. The molecule has 0 amide bonds. The van der Waals surface area contributed by atoms with Gasteiger partial charge in [-0.05, 0) is 24.1 Å². The summed E-state index contributed by atoms with van der Waals surface area (Å²) < 4.78 is 5.26. The standard InChI is InChI=1S/C17H28N4O.HI/c1-18-17(21-9-8-15(12-21)13-22-4)19-11-14-6-5-7-16(10-14)20(2)3;/h5-7,10,15H,8-9,11-13H2,1-4H3,(H,18,19);1H. The molecule has 1 saturated heterocycles. The van der Waals surface area contributed by atoms with Crippen LogP contribution in [0, 0.1) is 5.92 Å². The van der Waals surface area contributed by atoms with E-state index in [-0.39, 0.29) is 24.0 Å². The minimum atomic E-state index is 0. The average Bonchev–Trinajstić information content (AvgIpc) is 2.97. The first kappa shape index (κ1) is 20.0. The molecule has 1 aliphatic heterocycles. The van der Waals surface area contributed by atoms with Gasteiger partial charge >= 0.3 is 0 Å². The maximum Gasteiger partial charge on any atom is 0.193 e. The lowest BCUT2D eigenvalue weighted by Crippen LogP contribution is -2.39. The Morgan fingerprint density at radius 1 is 1.43 bits per heavy atom. The molecule has 0 aromatic heterocycles. The summed E-state index contributed by atoms with van der Waals surface area (Å²) in [6.45, 7) is 3.69. The van der Waals surface area contributed by atoms with Crippen molar-refractivity contribution in [3.63, 3.8) is 0 Å². The molecule has 0 radical (unpaired) electrons. The largest absolute Gasteiger partial charge is 0.384 e. The van der Waals surface area contributed by atoms with E-state index in [1.54, 1.807) is 7.11 Å². The number of hydrogen-bond acceptors (Lipinski definition) is 3. The van der Waals surface area contributed by atoms with Crippen LogP contribution in [0.15, 0.2) is 29.3 Å². The van der Waals surface area contributed by atoms with Gasteiger partial charge in [-0.2, -0.15) is 0 Å². The van der Waals surface area contributed by atoms with Crippen molar-refractivity contribution in [3.8, 4) is 0 Å². The Balaban J connectivity index is 0.00000264. The number of rotatable bonds is 5. The van der Waals surface area contributed by atoms with Gasteiger partial charge in [0.25, 0.3) is 0 Å². The summed E-state index contributed by atoms with van der Waals surface area (Å²) in [5.74, 6) is 1.59. The van der Waals surface area contributed by atoms with E-state index in [2.05, 4.69) is 58.5 Å². The molecule has 1 atom stereocenters. The van der Waals surface area contributed by atoms with Crippen molar-refractivity contribution in [2.45, 2.75) is 13.0 Å². The zero-order valence-corrected chi connectivity index (χ0v) is 16.9. The van der Waals surface area contributed by atoms with Crippen LogP contribution in [-0.4, -0.2) is 58.8 Å². The maximum atomic E-state index is 5.26. The van der Waals surface area contributed by atoms with Crippen LogP contribution in [0.25, 0.3) is 0 Å². The van der Waals surface area contributed by atoms with Gasteiger partial charge < -0.3 is 19.9 Å². The molecule has 1 N–H and O–H groups in total. The summed E-state index contributed by atoms with van der Waals surface area (Å²) >= 11 is 0. The number of ether oxygens (including phenoxy) is 1. The zero-order chi connectivity index (χ0) is 15.9. The van der Waals surface area contributed by atoms with Gasteiger partial charge in [0.2, 0.25) is 0 Å². The number of likely N-dealkylation sites (tertiary alicyclic amines) is 1. The summed E-state index contributed by atoms with van der Waals surface area (Å²) in [6.07, 6.45) is 1.17. The van der Waals surface area contributed by atoms with Crippen LogP contribution in [0.1, 0.15) is 12.0 Å². The summed E-state index contributed by atoms with van der Waals surface area (Å²) in [5, 5.41) is 3.47. The van der Waals surface area contributed by atoms with Gasteiger partial charge in [0.05, 0.1) is 6.61 Å². The molecule has 1 aromatic carbocycles. The van der Waals surface area contributed by atoms with Crippen molar-refractivity contribution >= 4 is 35.6 Å². The second-order valence-corrected chi connectivity index (χ2v) is 6.02. The van der Waals surface area contributed by atoms with Crippen LogP contribution in [0.4, 0.5) is 5.69 Å². The summed E-state index contributed by atoms with van der Waals surface area (Å²) in [5.41, 5.74) is 2.48. The van der Waals surface area contributed by atoms with Crippen LogP contribution in [0.2, 0.25) is 0 Å². The first-order valence-corrected chi connectivity index (χ1v) is 7.85. The molecule has 0 bridgehead atoms. The lowest BCUT2D eigenvalue weighted by atomic mass is 10.1. The maximum absolute atomic E-state index is 5.26. The molecule has 2 rings (SSSR count). The van der Waals surface area contributed by atoms with Gasteiger partial charge in [-0.1, -0.05) is 12.1 Å². The average molecular weight is 432 g/mol. The molecule has 1 aromatic rings. The van der Waals surface area contributed by atoms with E-state index < -0.39 is 0 Å². The van der Waals surface area contributed by atoms with Crippen molar-refractivity contribution < 1.29 is 4.74 Å². The van der Waals surface area contributed by atoms with Gasteiger partial charge in [0, 0.05) is 59.5 Å². The summed E-state index contributed by atoms with van der Waals surface area (Å²) in [7, 11) is 7.74. The molecule has 1 aliphatic rings. The highest BCUT2D eigenvalue weighted by atomic mass is 127. The Bertz CT molecular complexity index is 507. The smallest absolute Gasteiger partial charge is 0.193 e. The highest BCUT2D eigenvalue weighted by Gasteiger charge is 2.24.